The molecule has 2 N–H and O–H groups in total. The van der Waals surface area contributed by atoms with Crippen molar-refractivity contribution in [3.05, 3.63) is 65.2 Å². The van der Waals surface area contributed by atoms with E-state index in [0.29, 0.717) is 31.3 Å². The lowest BCUT2D eigenvalue weighted by Crippen LogP contribution is -2.51. The second-order valence-electron chi connectivity index (χ2n) is 8.41. The van der Waals surface area contributed by atoms with Crippen molar-refractivity contribution < 1.29 is 26.8 Å². The molecule has 0 unspecified atom stereocenters. The lowest BCUT2D eigenvalue weighted by atomic mass is 9.86. The summed E-state index contributed by atoms with van der Waals surface area (Å²) < 4.78 is 54.5. The number of hydrogen-bond donors (Lipinski definition) is 2. The van der Waals surface area contributed by atoms with Crippen LogP contribution in [0.25, 0.3) is 0 Å². The van der Waals surface area contributed by atoms with Crippen LogP contribution in [0, 0.1) is 11.6 Å². The van der Waals surface area contributed by atoms with Crippen LogP contribution in [0.5, 0.6) is 0 Å². The van der Waals surface area contributed by atoms with Crippen LogP contribution in [-0.4, -0.2) is 49.5 Å². The lowest BCUT2D eigenvalue weighted by Gasteiger charge is -2.39. The highest BCUT2D eigenvalue weighted by molar-refractivity contribution is 7.90. The number of nitrogens with one attached hydrogen (secondary N) is 2. The van der Waals surface area contributed by atoms with E-state index in [9.17, 15) is 26.8 Å². The van der Waals surface area contributed by atoms with Gasteiger partial charge in [-0.15, -0.1) is 0 Å². The molecule has 0 spiro atoms. The largest absolute Gasteiger partial charge is 0.342 e. The Kier molecular flexibility index (Phi) is 7.48. The Morgan fingerprint density at radius 3 is 2.21 bits per heavy atom. The average molecular weight is 480 g/mol. The summed E-state index contributed by atoms with van der Waals surface area (Å²) in [5, 5.41) is 2.00. The van der Waals surface area contributed by atoms with Crippen LogP contribution >= 0.6 is 0 Å². The van der Waals surface area contributed by atoms with Gasteiger partial charge in [0, 0.05) is 49.3 Å². The lowest BCUT2D eigenvalue weighted by molar-refractivity contribution is -0.130. The van der Waals surface area contributed by atoms with Gasteiger partial charge in [0.15, 0.2) is 0 Å². The van der Waals surface area contributed by atoms with Crippen molar-refractivity contribution in [1.29, 1.82) is 0 Å². The Morgan fingerprint density at radius 1 is 1.06 bits per heavy atom. The molecule has 1 saturated heterocycles. The van der Waals surface area contributed by atoms with Crippen LogP contribution in [0.3, 0.4) is 0 Å². The second-order valence-corrected chi connectivity index (χ2v) is 10.7. The summed E-state index contributed by atoms with van der Waals surface area (Å²) in [4.78, 5) is 25.9. The van der Waals surface area contributed by atoms with Gasteiger partial charge in [-0.25, -0.2) is 21.9 Å². The van der Waals surface area contributed by atoms with Gasteiger partial charge in [-0.2, -0.15) is 0 Å². The molecule has 3 rings (SSSR count). The van der Waals surface area contributed by atoms with Gasteiger partial charge in [0.05, 0.1) is 5.25 Å². The van der Waals surface area contributed by atoms with Crippen molar-refractivity contribution in [2.45, 2.75) is 44.4 Å². The van der Waals surface area contributed by atoms with Crippen molar-refractivity contribution in [3.63, 3.8) is 0 Å². The Bertz CT molecular complexity index is 1120. The highest BCUT2D eigenvalue weighted by atomic mass is 32.2. The van der Waals surface area contributed by atoms with Gasteiger partial charge in [0.1, 0.15) is 11.6 Å². The summed E-state index contributed by atoms with van der Waals surface area (Å²) in [6.45, 7) is 5.49. The molecule has 2 aromatic carbocycles. The number of nitrogens with zero attached hydrogens (tertiary/aromatic N) is 1. The highest BCUT2D eigenvalue weighted by Crippen LogP contribution is 2.29. The molecule has 0 aromatic heterocycles. The van der Waals surface area contributed by atoms with E-state index in [1.165, 1.54) is 6.92 Å². The maximum Gasteiger partial charge on any atom is 0.255 e. The average Bonchev–Trinajstić information content (AvgIpc) is 2.73. The third-order valence-electron chi connectivity index (χ3n) is 5.72. The maximum atomic E-state index is 13.4. The summed E-state index contributed by atoms with van der Waals surface area (Å²) in [7, 11) is -3.51. The first kappa shape index (κ1) is 24.8. The zero-order chi connectivity index (χ0) is 24.3. The molecule has 1 fully saturated rings. The first-order chi connectivity index (χ1) is 15.5. The molecule has 10 heteroatoms. The zero-order valence-electron chi connectivity index (χ0n) is 18.6. The number of likely N-dealkylation sites (tertiary alicyclic amines) is 1. The van der Waals surface area contributed by atoms with Crippen molar-refractivity contribution in [2.24, 2.45) is 0 Å². The number of carbonyl (C=O) groups excluding carboxylic acids is 2. The first-order valence-corrected chi connectivity index (χ1v) is 12.1. The maximum absolute atomic E-state index is 13.4. The summed E-state index contributed by atoms with van der Waals surface area (Å²) in [5.41, 5.74) is 1.06. The summed E-state index contributed by atoms with van der Waals surface area (Å²) in [6, 6.07) is 8.92. The SMILES string of the molecule is CC(=O)N1CC[C@@H](NS(=O)(=O)C(C)C)[C@H](c2ccc(NC(=O)c3cc(F)cc(F)c3)cc2)C1. The molecular formula is C23H27F2N3O4S. The number of halogens is 2. The standard InChI is InChI=1S/C23H27F2N3O4S/c1-14(2)33(31,32)27-22-8-9-28(15(3)29)13-21(22)16-4-6-20(7-5-16)26-23(30)17-10-18(24)12-19(25)11-17/h4-7,10-12,14,21-22,27H,8-9,13H2,1-3H3,(H,26,30)/t21-,22+/m0/s1. The number of carbonyl (C=O) groups is 2. The third kappa shape index (κ3) is 6.14. The number of rotatable bonds is 6. The number of sulfonamides is 1. The molecule has 2 amide bonds. The predicted molar refractivity (Wildman–Crippen MR) is 121 cm³/mol. The Morgan fingerprint density at radius 2 is 1.67 bits per heavy atom. The topological polar surface area (TPSA) is 95.6 Å². The smallest absolute Gasteiger partial charge is 0.255 e. The molecule has 0 aliphatic carbocycles. The quantitative estimate of drug-likeness (QED) is 0.665. The molecule has 1 aliphatic heterocycles. The van der Waals surface area contributed by atoms with Crippen LogP contribution in [0.4, 0.5) is 14.5 Å². The van der Waals surface area contributed by atoms with Crippen LogP contribution in [0.1, 0.15) is 49.0 Å². The molecule has 33 heavy (non-hydrogen) atoms. The van der Waals surface area contributed by atoms with Gasteiger partial charge in [0.2, 0.25) is 15.9 Å². The van der Waals surface area contributed by atoms with Crippen molar-refractivity contribution in [3.8, 4) is 0 Å². The van der Waals surface area contributed by atoms with E-state index in [1.807, 2.05) is 0 Å². The third-order valence-corrected chi connectivity index (χ3v) is 7.59. The molecule has 2 aromatic rings. The first-order valence-electron chi connectivity index (χ1n) is 10.6. The van der Waals surface area contributed by atoms with Crippen LogP contribution in [-0.2, 0) is 14.8 Å². The number of amides is 2. The van der Waals surface area contributed by atoms with E-state index in [2.05, 4.69) is 10.0 Å². The molecule has 178 valence electrons. The molecular weight excluding hydrogens is 452 g/mol. The molecule has 0 radical (unpaired) electrons. The highest BCUT2D eigenvalue weighted by Gasteiger charge is 2.34. The van der Waals surface area contributed by atoms with E-state index < -0.39 is 32.8 Å². The normalized spacial score (nSPS) is 18.9. The van der Waals surface area contributed by atoms with E-state index >= 15 is 0 Å². The van der Waals surface area contributed by atoms with E-state index in [1.54, 1.807) is 43.0 Å². The number of hydrogen-bond acceptors (Lipinski definition) is 4. The minimum atomic E-state index is -3.51. The second kappa shape index (κ2) is 9.96. The molecule has 0 bridgehead atoms. The monoisotopic (exact) mass is 479 g/mol. The van der Waals surface area contributed by atoms with Crippen LogP contribution in [0.2, 0.25) is 0 Å². The van der Waals surface area contributed by atoms with Crippen LogP contribution in [0.15, 0.2) is 42.5 Å². The minimum absolute atomic E-state index is 0.0867. The number of anilines is 1. The van der Waals surface area contributed by atoms with E-state index in [0.717, 1.165) is 17.7 Å². The summed E-state index contributed by atoms with van der Waals surface area (Å²) in [6.07, 6.45) is 0.472. The fourth-order valence-corrected chi connectivity index (χ4v) is 4.74. The summed E-state index contributed by atoms with van der Waals surface area (Å²) >= 11 is 0. The van der Waals surface area contributed by atoms with Gasteiger partial charge in [-0.1, -0.05) is 12.1 Å². The van der Waals surface area contributed by atoms with Crippen molar-refractivity contribution in [1.82, 2.24) is 9.62 Å². The fraction of sp³-hybridized carbons (Fsp3) is 0.391. The number of piperidine rings is 1. The number of benzene rings is 2. The fourth-order valence-electron chi connectivity index (χ4n) is 3.77. The summed E-state index contributed by atoms with van der Waals surface area (Å²) in [5.74, 6) is -2.73. The van der Waals surface area contributed by atoms with Gasteiger partial charge >= 0.3 is 0 Å². The van der Waals surface area contributed by atoms with Gasteiger partial charge in [0.25, 0.3) is 5.91 Å². The molecule has 7 nitrogen and oxygen atoms in total. The van der Waals surface area contributed by atoms with Gasteiger partial charge in [-0.3, -0.25) is 9.59 Å². The van der Waals surface area contributed by atoms with Crippen molar-refractivity contribution in [2.75, 3.05) is 18.4 Å². The molecule has 0 saturated carbocycles. The Hall–Kier alpha value is -2.85. The van der Waals surface area contributed by atoms with Crippen LogP contribution < -0.4 is 10.0 Å². The van der Waals surface area contributed by atoms with E-state index in [-0.39, 0.29) is 23.4 Å². The Labute approximate surface area is 192 Å². The predicted octanol–water partition coefficient (Wildman–Crippen LogP) is 3.25. The molecule has 2 atom stereocenters. The Balaban J connectivity index is 1.80. The van der Waals surface area contributed by atoms with Gasteiger partial charge in [-0.05, 0) is 50.1 Å². The minimum Gasteiger partial charge on any atom is -0.342 e. The zero-order valence-corrected chi connectivity index (χ0v) is 19.5. The molecule has 1 aliphatic rings. The molecule has 1 heterocycles. The van der Waals surface area contributed by atoms with E-state index in [4.69, 9.17) is 0 Å². The van der Waals surface area contributed by atoms with Gasteiger partial charge < -0.3 is 10.2 Å². The van der Waals surface area contributed by atoms with Crippen molar-refractivity contribution >= 4 is 27.5 Å².